The third-order valence-electron chi connectivity index (χ3n) is 3.05. The van der Waals surface area contributed by atoms with Crippen molar-refractivity contribution in [2.45, 2.75) is 0 Å². The van der Waals surface area contributed by atoms with Crippen molar-refractivity contribution in [1.82, 2.24) is 0 Å². The maximum atomic E-state index is 11.0. The average Bonchev–Trinajstić information content (AvgIpc) is 2.53. The van der Waals surface area contributed by atoms with E-state index >= 15 is 0 Å². The molecule has 4 nitrogen and oxygen atoms in total. The number of rotatable bonds is 5. The molecule has 21 heavy (non-hydrogen) atoms. The topological polar surface area (TPSA) is 55.8 Å². The van der Waals surface area contributed by atoms with E-state index in [0.717, 1.165) is 11.3 Å². The highest BCUT2D eigenvalue weighted by molar-refractivity contribution is 5.89. The number of aromatic carboxylic acids is 1. The molecule has 0 aliphatic carbocycles. The van der Waals surface area contributed by atoms with Crippen molar-refractivity contribution in [2.24, 2.45) is 0 Å². The zero-order chi connectivity index (χ0) is 15.2. The summed E-state index contributed by atoms with van der Waals surface area (Å²) in [5.41, 5.74) is 1.93. The van der Waals surface area contributed by atoms with E-state index in [9.17, 15) is 4.79 Å². The van der Waals surface area contributed by atoms with Gasteiger partial charge in [-0.3, -0.25) is 0 Å². The number of carboxylic acids is 1. The molecule has 4 heteroatoms. The first-order valence-electron chi connectivity index (χ1n) is 6.37. The summed E-state index contributed by atoms with van der Waals surface area (Å²) in [4.78, 5) is 11.0. The Kier molecular flexibility index (Phi) is 4.61. The maximum absolute atomic E-state index is 11.0. The van der Waals surface area contributed by atoms with Gasteiger partial charge in [-0.2, -0.15) is 0 Å². The summed E-state index contributed by atoms with van der Waals surface area (Å²) < 4.78 is 10.3. The second kappa shape index (κ2) is 6.61. The largest absolute Gasteiger partial charge is 0.497 e. The number of carbonyl (C=O) groups is 1. The Morgan fingerprint density at radius 1 is 1.00 bits per heavy atom. The van der Waals surface area contributed by atoms with E-state index in [-0.39, 0.29) is 5.56 Å². The second-order valence-electron chi connectivity index (χ2n) is 4.37. The standard InChI is InChI=1S/C17H16O4/c1-20-15-8-4-12(5-9-15)3-6-13-11-14(17(18)19)7-10-16(13)21-2/h3-11H,1-2H3,(H,18,19)/b6-3+. The number of methoxy groups -OCH3 is 2. The summed E-state index contributed by atoms with van der Waals surface area (Å²) in [5, 5.41) is 9.04. The van der Waals surface area contributed by atoms with Crippen molar-refractivity contribution in [3.63, 3.8) is 0 Å². The Hall–Kier alpha value is -2.75. The lowest BCUT2D eigenvalue weighted by Gasteiger charge is -2.06. The Morgan fingerprint density at radius 2 is 1.71 bits per heavy atom. The van der Waals surface area contributed by atoms with Crippen LogP contribution in [0.15, 0.2) is 42.5 Å². The molecule has 0 fully saturated rings. The summed E-state index contributed by atoms with van der Waals surface area (Å²) in [5.74, 6) is 0.458. The molecule has 2 rings (SSSR count). The number of hydrogen-bond acceptors (Lipinski definition) is 3. The van der Waals surface area contributed by atoms with Crippen LogP contribution in [-0.4, -0.2) is 25.3 Å². The van der Waals surface area contributed by atoms with E-state index in [0.29, 0.717) is 11.3 Å². The quantitative estimate of drug-likeness (QED) is 0.853. The SMILES string of the molecule is COc1ccc(/C=C/c2cc(C(=O)O)ccc2OC)cc1. The Balaban J connectivity index is 2.29. The molecule has 0 amide bonds. The van der Waals surface area contributed by atoms with Crippen LogP contribution in [0.4, 0.5) is 0 Å². The van der Waals surface area contributed by atoms with Crippen molar-refractivity contribution < 1.29 is 19.4 Å². The number of benzene rings is 2. The molecule has 2 aromatic carbocycles. The Bertz CT molecular complexity index is 657. The molecule has 0 saturated carbocycles. The van der Waals surface area contributed by atoms with Crippen LogP contribution >= 0.6 is 0 Å². The molecule has 0 spiro atoms. The van der Waals surface area contributed by atoms with Crippen LogP contribution in [0.5, 0.6) is 11.5 Å². The van der Waals surface area contributed by atoms with E-state index < -0.39 is 5.97 Å². The molecule has 0 aliphatic heterocycles. The van der Waals surface area contributed by atoms with Crippen LogP contribution in [0.3, 0.4) is 0 Å². The summed E-state index contributed by atoms with van der Waals surface area (Å²) >= 11 is 0. The van der Waals surface area contributed by atoms with E-state index in [1.807, 2.05) is 36.4 Å². The molecular formula is C17H16O4. The summed E-state index contributed by atoms with van der Waals surface area (Å²) in [6.45, 7) is 0. The van der Waals surface area contributed by atoms with Gasteiger partial charge < -0.3 is 14.6 Å². The number of carboxylic acid groups (broad SMARTS) is 1. The highest BCUT2D eigenvalue weighted by Gasteiger charge is 2.06. The molecule has 0 radical (unpaired) electrons. The zero-order valence-corrected chi connectivity index (χ0v) is 11.9. The fourth-order valence-corrected chi connectivity index (χ4v) is 1.90. The first-order chi connectivity index (χ1) is 10.1. The highest BCUT2D eigenvalue weighted by Crippen LogP contribution is 2.23. The predicted molar refractivity (Wildman–Crippen MR) is 81.9 cm³/mol. The van der Waals surface area contributed by atoms with Gasteiger partial charge in [0.1, 0.15) is 11.5 Å². The molecular weight excluding hydrogens is 268 g/mol. The maximum Gasteiger partial charge on any atom is 0.335 e. The molecule has 0 heterocycles. The minimum atomic E-state index is -0.961. The first-order valence-corrected chi connectivity index (χ1v) is 6.37. The van der Waals surface area contributed by atoms with Crippen molar-refractivity contribution in [3.8, 4) is 11.5 Å². The van der Waals surface area contributed by atoms with Gasteiger partial charge in [-0.15, -0.1) is 0 Å². The molecule has 108 valence electrons. The molecule has 2 aromatic rings. The lowest BCUT2D eigenvalue weighted by molar-refractivity contribution is 0.0697. The van der Waals surface area contributed by atoms with Crippen LogP contribution in [0, 0.1) is 0 Å². The monoisotopic (exact) mass is 284 g/mol. The van der Waals surface area contributed by atoms with E-state index in [1.165, 1.54) is 6.07 Å². The summed E-state index contributed by atoms with van der Waals surface area (Å²) in [6, 6.07) is 12.3. The van der Waals surface area contributed by atoms with Gasteiger partial charge in [-0.25, -0.2) is 4.79 Å². The smallest absolute Gasteiger partial charge is 0.335 e. The fraction of sp³-hybridized carbons (Fsp3) is 0.118. The van der Waals surface area contributed by atoms with Crippen LogP contribution in [0.25, 0.3) is 12.2 Å². The highest BCUT2D eigenvalue weighted by atomic mass is 16.5. The Morgan fingerprint density at radius 3 is 2.29 bits per heavy atom. The van der Waals surface area contributed by atoms with Crippen LogP contribution in [-0.2, 0) is 0 Å². The van der Waals surface area contributed by atoms with E-state index in [2.05, 4.69) is 0 Å². The van der Waals surface area contributed by atoms with Gasteiger partial charge in [-0.1, -0.05) is 24.3 Å². The van der Waals surface area contributed by atoms with Crippen LogP contribution < -0.4 is 9.47 Å². The summed E-state index contributed by atoms with van der Waals surface area (Å²) in [6.07, 6.45) is 3.72. The second-order valence-corrected chi connectivity index (χ2v) is 4.37. The number of hydrogen-bond donors (Lipinski definition) is 1. The fourth-order valence-electron chi connectivity index (χ4n) is 1.90. The molecule has 0 atom stereocenters. The van der Waals surface area contributed by atoms with Gasteiger partial charge in [0, 0.05) is 5.56 Å². The van der Waals surface area contributed by atoms with Gasteiger partial charge in [-0.05, 0) is 35.9 Å². The molecule has 0 saturated heterocycles. The van der Waals surface area contributed by atoms with Crippen molar-refractivity contribution in [3.05, 3.63) is 59.2 Å². The van der Waals surface area contributed by atoms with Gasteiger partial charge in [0.05, 0.1) is 19.8 Å². The minimum absolute atomic E-state index is 0.227. The van der Waals surface area contributed by atoms with Gasteiger partial charge in [0.25, 0.3) is 0 Å². The van der Waals surface area contributed by atoms with Crippen LogP contribution in [0.1, 0.15) is 21.5 Å². The number of ether oxygens (including phenoxy) is 2. The third kappa shape index (κ3) is 3.63. The lowest BCUT2D eigenvalue weighted by atomic mass is 10.1. The minimum Gasteiger partial charge on any atom is -0.497 e. The van der Waals surface area contributed by atoms with E-state index in [1.54, 1.807) is 26.4 Å². The van der Waals surface area contributed by atoms with Gasteiger partial charge in [0.2, 0.25) is 0 Å². The molecule has 1 N–H and O–H groups in total. The van der Waals surface area contributed by atoms with Crippen LogP contribution in [0.2, 0.25) is 0 Å². The average molecular weight is 284 g/mol. The molecule has 0 aliphatic rings. The Labute approximate surface area is 123 Å². The first kappa shape index (κ1) is 14.7. The van der Waals surface area contributed by atoms with E-state index in [4.69, 9.17) is 14.6 Å². The molecule has 0 aromatic heterocycles. The normalized spacial score (nSPS) is 10.6. The summed E-state index contributed by atoms with van der Waals surface area (Å²) in [7, 11) is 3.17. The van der Waals surface area contributed by atoms with Gasteiger partial charge >= 0.3 is 5.97 Å². The lowest BCUT2D eigenvalue weighted by Crippen LogP contribution is -1.97. The molecule has 0 unspecified atom stereocenters. The van der Waals surface area contributed by atoms with Crippen molar-refractivity contribution >= 4 is 18.1 Å². The molecule has 0 bridgehead atoms. The predicted octanol–water partition coefficient (Wildman–Crippen LogP) is 3.57. The zero-order valence-electron chi connectivity index (χ0n) is 11.9. The third-order valence-corrected chi connectivity index (χ3v) is 3.05. The van der Waals surface area contributed by atoms with Crippen molar-refractivity contribution in [1.29, 1.82) is 0 Å². The van der Waals surface area contributed by atoms with Crippen molar-refractivity contribution in [2.75, 3.05) is 14.2 Å². The van der Waals surface area contributed by atoms with Gasteiger partial charge in [0.15, 0.2) is 0 Å².